The van der Waals surface area contributed by atoms with E-state index in [9.17, 15) is 0 Å². The summed E-state index contributed by atoms with van der Waals surface area (Å²) in [4.78, 5) is 0. The second-order valence-electron chi connectivity index (χ2n) is 10.2. The first-order valence-electron chi connectivity index (χ1n) is 10.7. The minimum atomic E-state index is 0. The van der Waals surface area contributed by atoms with Crippen LogP contribution in [0.1, 0.15) is 66.5 Å². The average molecular weight is 547 g/mol. The first-order valence-corrected chi connectivity index (χ1v) is 11.9. The van der Waals surface area contributed by atoms with E-state index in [4.69, 9.17) is 0 Å². The Morgan fingerprint density at radius 2 is 0.906 bits per heavy atom. The molecule has 0 nitrogen and oxygen atoms in total. The summed E-state index contributed by atoms with van der Waals surface area (Å²) in [5, 5.41) is 5.42. The fourth-order valence-corrected chi connectivity index (χ4v) is 3.17. The molecule has 4 aromatic carbocycles. The van der Waals surface area contributed by atoms with Crippen LogP contribution in [0.25, 0.3) is 21.5 Å². The van der Waals surface area contributed by atoms with Crippen molar-refractivity contribution < 1.29 is 49.0 Å². The minimum absolute atomic E-state index is 0. The second kappa shape index (κ2) is 13.0. The molecule has 0 aliphatic carbocycles. The minimum Gasteiger partial charge on any atom is -1.00 e. The van der Waals surface area contributed by atoms with Gasteiger partial charge >= 0.3 is 41.3 Å². The molecule has 0 saturated carbocycles. The number of hydrogen-bond acceptors (Lipinski definition) is 0. The van der Waals surface area contributed by atoms with E-state index in [0.29, 0.717) is 0 Å². The summed E-state index contributed by atoms with van der Waals surface area (Å²) in [6, 6.07) is 26.2. The molecule has 0 N–H and O–H groups in total. The van der Waals surface area contributed by atoms with Gasteiger partial charge in [-0.3, -0.25) is 0 Å². The topological polar surface area (TPSA) is 0 Å². The summed E-state index contributed by atoms with van der Waals surface area (Å²) in [6.45, 7) is 17.8. The molecule has 0 aliphatic rings. The van der Waals surface area contributed by atoms with Crippen molar-refractivity contribution in [2.45, 2.75) is 66.2 Å². The van der Waals surface area contributed by atoms with Crippen molar-refractivity contribution in [3.8, 4) is 0 Å². The summed E-state index contributed by atoms with van der Waals surface area (Å²) in [7, 11) is 0. The second-order valence-corrected chi connectivity index (χ2v) is 12.7. The Bertz CT molecular complexity index is 947. The van der Waals surface area contributed by atoms with Gasteiger partial charge in [0.1, 0.15) is 0 Å². The van der Waals surface area contributed by atoms with E-state index in [2.05, 4.69) is 128 Å². The first-order chi connectivity index (χ1) is 13.9. The van der Waals surface area contributed by atoms with Gasteiger partial charge in [0.2, 0.25) is 0 Å². The van der Waals surface area contributed by atoms with E-state index in [1.807, 2.05) is 0 Å². The Labute approximate surface area is 222 Å². The maximum atomic E-state index is 2.29. The molecule has 4 rings (SSSR count). The molecule has 0 fully saturated rings. The van der Waals surface area contributed by atoms with Gasteiger partial charge in [0.25, 0.3) is 0 Å². The molecule has 0 atom stereocenters. The van der Waals surface area contributed by atoms with Gasteiger partial charge in [-0.2, -0.15) is 12.1 Å². The zero-order valence-corrected chi connectivity index (χ0v) is 24.7. The van der Waals surface area contributed by atoms with Crippen LogP contribution in [0.4, 0.5) is 0 Å². The molecular formula is C29H36Cl2Zr-2. The van der Waals surface area contributed by atoms with Crippen molar-refractivity contribution in [1.82, 2.24) is 0 Å². The largest absolute Gasteiger partial charge is 1.00 e. The van der Waals surface area contributed by atoms with Gasteiger partial charge < -0.3 is 24.8 Å². The molecule has 0 saturated heterocycles. The first kappa shape index (κ1) is 31.0. The van der Waals surface area contributed by atoms with E-state index in [-0.39, 0.29) is 35.6 Å². The Morgan fingerprint density at radius 3 is 1.16 bits per heavy atom. The predicted molar refractivity (Wildman–Crippen MR) is 133 cm³/mol. The molecule has 0 heterocycles. The number of fused-ring (bicyclic) bond motifs is 2. The third kappa shape index (κ3) is 9.47. The number of hydrogen-bond donors (Lipinski definition) is 0. The molecule has 0 aromatic heterocycles. The molecule has 32 heavy (non-hydrogen) atoms. The monoisotopic (exact) mass is 544 g/mol. The number of benzene rings is 2. The zero-order chi connectivity index (χ0) is 22.5. The maximum absolute atomic E-state index is 2.29. The van der Waals surface area contributed by atoms with Gasteiger partial charge in [0, 0.05) is 0 Å². The van der Waals surface area contributed by atoms with Crippen LogP contribution < -0.4 is 24.8 Å². The van der Waals surface area contributed by atoms with E-state index in [1.54, 1.807) is 24.2 Å². The summed E-state index contributed by atoms with van der Waals surface area (Å²) in [6.07, 6.45) is 0. The van der Waals surface area contributed by atoms with Crippen LogP contribution in [-0.4, -0.2) is 3.21 Å². The zero-order valence-electron chi connectivity index (χ0n) is 20.7. The van der Waals surface area contributed by atoms with Gasteiger partial charge in [0.15, 0.2) is 0 Å². The average Bonchev–Trinajstić information content (AvgIpc) is 3.25. The van der Waals surface area contributed by atoms with Crippen LogP contribution in [-0.2, 0) is 35.1 Å². The fraction of sp³-hybridized carbons (Fsp3) is 0.345. The van der Waals surface area contributed by atoms with E-state index >= 15 is 0 Å². The maximum Gasteiger partial charge on any atom is -1.00 e. The summed E-state index contributed by atoms with van der Waals surface area (Å²) in [5.74, 6) is 0. The summed E-state index contributed by atoms with van der Waals surface area (Å²) in [5.41, 5.74) is 3.38. The quantitative estimate of drug-likeness (QED) is 0.298. The molecule has 0 radical (unpaired) electrons. The SMILES string of the molecule is CC(C)(C)c1cc2ccccc2[cH-]1.CC(C)(C)c1cc2ccccc2[cH-]1.C[C](C)=[Zr+2].[Cl-].[Cl-]. The van der Waals surface area contributed by atoms with E-state index in [1.165, 1.54) is 35.9 Å². The van der Waals surface area contributed by atoms with Crippen molar-refractivity contribution in [3.63, 3.8) is 0 Å². The van der Waals surface area contributed by atoms with Gasteiger partial charge in [0.05, 0.1) is 0 Å². The standard InChI is InChI=1S/2C13H15.C3H6.2ClH.Zr/c2*1-13(2,3)12-8-10-6-4-5-7-11(10)9-12;1-3-2;;;/h2*4-9H,1-3H3;1-2H3;2*1H;/q2*-1;;;;+2/p-2. The normalized spacial score (nSPS) is 10.8. The van der Waals surface area contributed by atoms with Crippen molar-refractivity contribution in [2.75, 3.05) is 0 Å². The van der Waals surface area contributed by atoms with Gasteiger partial charge in [-0.1, -0.05) is 53.7 Å². The van der Waals surface area contributed by atoms with Crippen molar-refractivity contribution in [3.05, 3.63) is 83.9 Å². The molecular weight excluding hydrogens is 510 g/mol. The molecule has 4 aromatic rings. The van der Waals surface area contributed by atoms with Crippen molar-refractivity contribution >= 4 is 24.8 Å². The Kier molecular flexibility index (Phi) is 12.6. The van der Waals surface area contributed by atoms with Crippen molar-refractivity contribution in [1.29, 1.82) is 0 Å². The number of rotatable bonds is 0. The Morgan fingerprint density at radius 1 is 0.625 bits per heavy atom. The van der Waals surface area contributed by atoms with E-state index < -0.39 is 0 Å². The molecule has 0 unspecified atom stereocenters. The van der Waals surface area contributed by atoms with E-state index in [0.717, 1.165) is 0 Å². The van der Waals surface area contributed by atoms with Crippen LogP contribution in [0.5, 0.6) is 0 Å². The van der Waals surface area contributed by atoms with Crippen LogP contribution in [0.2, 0.25) is 0 Å². The van der Waals surface area contributed by atoms with Crippen LogP contribution in [0.15, 0.2) is 72.8 Å². The van der Waals surface area contributed by atoms with Crippen LogP contribution in [0.3, 0.4) is 0 Å². The van der Waals surface area contributed by atoms with Gasteiger partial charge in [-0.15, -0.1) is 81.2 Å². The smallest absolute Gasteiger partial charge is 1.00 e. The molecule has 172 valence electrons. The third-order valence-electron chi connectivity index (χ3n) is 4.97. The number of halogens is 2. The van der Waals surface area contributed by atoms with Crippen LogP contribution in [0, 0.1) is 0 Å². The summed E-state index contributed by atoms with van der Waals surface area (Å²) < 4.78 is 1.51. The third-order valence-corrected chi connectivity index (χ3v) is 4.97. The summed E-state index contributed by atoms with van der Waals surface area (Å²) >= 11 is 1.55. The van der Waals surface area contributed by atoms with Gasteiger partial charge in [-0.25, -0.2) is 0 Å². The van der Waals surface area contributed by atoms with Crippen LogP contribution >= 0.6 is 0 Å². The Hall–Kier alpha value is -1.01. The molecule has 0 amide bonds. The van der Waals surface area contributed by atoms with Gasteiger partial charge in [-0.05, 0) is 10.8 Å². The molecule has 0 aliphatic heterocycles. The molecule has 0 spiro atoms. The fourth-order valence-electron chi connectivity index (χ4n) is 3.17. The molecule has 3 heteroatoms. The van der Waals surface area contributed by atoms with Crippen molar-refractivity contribution in [2.24, 2.45) is 0 Å². The Balaban J connectivity index is 0.000000490. The molecule has 0 bridgehead atoms. The predicted octanol–water partition coefficient (Wildman–Crippen LogP) is 2.47.